The van der Waals surface area contributed by atoms with E-state index >= 15 is 0 Å². The van der Waals surface area contributed by atoms with Crippen LogP contribution in [0, 0.1) is 36.5 Å². The zero-order chi connectivity index (χ0) is 10.9. The molecule has 1 aromatic rings. The minimum Gasteiger partial charge on any atom is -0.396 e. The van der Waals surface area contributed by atoms with Crippen molar-refractivity contribution in [3.8, 4) is 12.1 Å². The van der Waals surface area contributed by atoms with Gasteiger partial charge in [0.15, 0.2) is 0 Å². The average molecular weight is 206 g/mol. The van der Waals surface area contributed by atoms with Gasteiger partial charge in [0.2, 0.25) is 0 Å². The summed E-state index contributed by atoms with van der Waals surface area (Å²) in [6, 6.07) is 3.96. The van der Waals surface area contributed by atoms with E-state index < -0.39 is 0 Å². The zero-order valence-electron chi connectivity index (χ0n) is 7.85. The number of benzene rings is 1. The fourth-order valence-corrected chi connectivity index (χ4v) is 1.53. The summed E-state index contributed by atoms with van der Waals surface area (Å²) in [5.41, 5.74) is 7.85. The molecule has 1 rings (SSSR count). The molecule has 14 heavy (non-hydrogen) atoms. The Labute approximate surface area is 87.3 Å². The maximum Gasteiger partial charge on any atom is 0.102 e. The largest absolute Gasteiger partial charge is 0.396 e. The number of halogens is 1. The smallest absolute Gasteiger partial charge is 0.102 e. The molecule has 0 fully saturated rings. The summed E-state index contributed by atoms with van der Waals surface area (Å²) in [5.74, 6) is 0. The third kappa shape index (κ3) is 1.28. The first kappa shape index (κ1) is 10.4. The number of hydrogen-bond acceptors (Lipinski definition) is 3. The van der Waals surface area contributed by atoms with E-state index in [9.17, 15) is 0 Å². The standard InChI is InChI=1S/C10H8ClN3/c1-5-7(3-12)6(2)9(11)10(14)8(5)4-13/h14H2,1-2H3. The zero-order valence-corrected chi connectivity index (χ0v) is 8.61. The minimum atomic E-state index is 0.253. The molecular formula is C10H8ClN3. The van der Waals surface area contributed by atoms with E-state index in [-0.39, 0.29) is 11.3 Å². The van der Waals surface area contributed by atoms with Gasteiger partial charge in [-0.05, 0) is 25.0 Å². The van der Waals surface area contributed by atoms with Gasteiger partial charge in [-0.3, -0.25) is 0 Å². The van der Waals surface area contributed by atoms with E-state index in [4.69, 9.17) is 27.9 Å². The van der Waals surface area contributed by atoms with Crippen molar-refractivity contribution in [3.05, 3.63) is 27.3 Å². The minimum absolute atomic E-state index is 0.253. The molecule has 0 heterocycles. The molecule has 0 saturated heterocycles. The molecule has 0 radical (unpaired) electrons. The molecule has 0 aromatic heterocycles. The van der Waals surface area contributed by atoms with Gasteiger partial charge < -0.3 is 5.73 Å². The molecule has 0 amide bonds. The lowest BCUT2D eigenvalue weighted by Gasteiger charge is -2.10. The van der Waals surface area contributed by atoms with Crippen molar-refractivity contribution in [2.75, 3.05) is 5.73 Å². The molecule has 70 valence electrons. The highest BCUT2D eigenvalue weighted by Crippen LogP contribution is 2.32. The van der Waals surface area contributed by atoms with E-state index in [1.54, 1.807) is 13.8 Å². The van der Waals surface area contributed by atoms with Crippen LogP contribution in [0.25, 0.3) is 0 Å². The molecule has 0 atom stereocenters. The number of anilines is 1. The Morgan fingerprint density at radius 3 is 2.00 bits per heavy atom. The first-order chi connectivity index (χ1) is 6.54. The van der Waals surface area contributed by atoms with Crippen molar-refractivity contribution >= 4 is 17.3 Å². The topological polar surface area (TPSA) is 73.6 Å². The lowest BCUT2D eigenvalue weighted by molar-refractivity contribution is 1.30. The molecule has 0 unspecified atom stereocenters. The van der Waals surface area contributed by atoms with Gasteiger partial charge in [0.1, 0.15) is 6.07 Å². The van der Waals surface area contributed by atoms with Crippen LogP contribution in [0.3, 0.4) is 0 Å². The van der Waals surface area contributed by atoms with Crippen LogP contribution in [0.4, 0.5) is 5.69 Å². The van der Waals surface area contributed by atoms with Crippen molar-refractivity contribution in [3.63, 3.8) is 0 Å². The number of nitriles is 2. The van der Waals surface area contributed by atoms with Gasteiger partial charge in [-0.2, -0.15) is 10.5 Å². The number of nitrogen functional groups attached to an aromatic ring is 1. The van der Waals surface area contributed by atoms with Crippen LogP contribution < -0.4 is 5.73 Å². The van der Waals surface area contributed by atoms with Gasteiger partial charge in [-0.1, -0.05) is 11.6 Å². The molecule has 4 heteroatoms. The number of nitrogens with two attached hydrogens (primary N) is 1. The van der Waals surface area contributed by atoms with Crippen LogP contribution in [-0.2, 0) is 0 Å². The van der Waals surface area contributed by atoms with Crippen molar-refractivity contribution in [1.29, 1.82) is 10.5 Å². The summed E-state index contributed by atoms with van der Waals surface area (Å²) in [6.45, 7) is 3.40. The molecule has 1 aromatic carbocycles. The SMILES string of the molecule is Cc1c(Cl)c(N)c(C#N)c(C)c1C#N. The molecule has 2 N–H and O–H groups in total. The van der Waals surface area contributed by atoms with Crippen molar-refractivity contribution in [2.45, 2.75) is 13.8 Å². The van der Waals surface area contributed by atoms with Gasteiger partial charge in [0.25, 0.3) is 0 Å². The van der Waals surface area contributed by atoms with E-state index in [0.717, 1.165) is 0 Å². The maximum atomic E-state index is 8.88. The highest BCUT2D eigenvalue weighted by Gasteiger charge is 2.15. The Bertz CT molecular complexity index is 437. The van der Waals surface area contributed by atoms with Gasteiger partial charge in [-0.15, -0.1) is 0 Å². The third-order valence-corrected chi connectivity index (χ3v) is 2.67. The molecule has 0 bridgehead atoms. The second-order valence-corrected chi connectivity index (χ2v) is 3.33. The van der Waals surface area contributed by atoms with Crippen molar-refractivity contribution < 1.29 is 0 Å². The number of hydrogen-bond donors (Lipinski definition) is 1. The third-order valence-electron chi connectivity index (χ3n) is 2.18. The fraction of sp³-hybridized carbons (Fsp3) is 0.200. The number of nitrogens with zero attached hydrogens (tertiary/aromatic N) is 2. The molecule has 0 aliphatic rings. The molecular weight excluding hydrogens is 198 g/mol. The first-order valence-corrected chi connectivity index (χ1v) is 4.30. The number of rotatable bonds is 0. The predicted octanol–water partition coefficient (Wildman–Crippen LogP) is 2.28. The molecule has 3 nitrogen and oxygen atoms in total. The predicted molar refractivity (Wildman–Crippen MR) is 54.8 cm³/mol. The van der Waals surface area contributed by atoms with E-state index in [2.05, 4.69) is 0 Å². The Kier molecular flexibility index (Phi) is 2.65. The molecule has 0 saturated carbocycles. The van der Waals surface area contributed by atoms with E-state index in [1.165, 1.54) is 0 Å². The van der Waals surface area contributed by atoms with Gasteiger partial charge >= 0.3 is 0 Å². The quantitative estimate of drug-likeness (QED) is 0.661. The van der Waals surface area contributed by atoms with Gasteiger partial charge in [0.05, 0.1) is 27.9 Å². The Balaban J connectivity index is 3.78. The maximum absolute atomic E-state index is 8.88. The second kappa shape index (κ2) is 3.57. The highest BCUT2D eigenvalue weighted by molar-refractivity contribution is 6.34. The van der Waals surface area contributed by atoms with Crippen molar-refractivity contribution in [1.82, 2.24) is 0 Å². The lowest BCUT2D eigenvalue weighted by atomic mass is 9.97. The average Bonchev–Trinajstić information content (AvgIpc) is 2.16. The summed E-state index contributed by atoms with van der Waals surface area (Å²) in [5, 5.41) is 18.0. The lowest BCUT2D eigenvalue weighted by Crippen LogP contribution is -2.00. The summed E-state index contributed by atoms with van der Waals surface area (Å²) >= 11 is 5.89. The molecule has 0 aliphatic heterocycles. The van der Waals surface area contributed by atoms with Gasteiger partial charge in [0, 0.05) is 0 Å². The molecule has 0 spiro atoms. The van der Waals surface area contributed by atoms with Crippen LogP contribution in [0.5, 0.6) is 0 Å². The molecule has 0 aliphatic carbocycles. The van der Waals surface area contributed by atoms with Crippen LogP contribution in [0.15, 0.2) is 0 Å². The van der Waals surface area contributed by atoms with Crippen LogP contribution >= 0.6 is 11.6 Å². The van der Waals surface area contributed by atoms with Gasteiger partial charge in [-0.25, -0.2) is 0 Å². The summed E-state index contributed by atoms with van der Waals surface area (Å²) in [7, 11) is 0. The van der Waals surface area contributed by atoms with Crippen LogP contribution in [-0.4, -0.2) is 0 Å². The first-order valence-electron chi connectivity index (χ1n) is 3.92. The normalized spacial score (nSPS) is 9.21. The van der Waals surface area contributed by atoms with E-state index in [1.807, 2.05) is 12.1 Å². The Morgan fingerprint density at radius 1 is 1.07 bits per heavy atom. The van der Waals surface area contributed by atoms with E-state index in [0.29, 0.717) is 21.7 Å². The fourth-order valence-electron chi connectivity index (χ4n) is 1.34. The van der Waals surface area contributed by atoms with Crippen LogP contribution in [0.2, 0.25) is 5.02 Å². The van der Waals surface area contributed by atoms with Crippen LogP contribution in [0.1, 0.15) is 22.3 Å². The van der Waals surface area contributed by atoms with Crippen molar-refractivity contribution in [2.24, 2.45) is 0 Å². The summed E-state index contributed by atoms with van der Waals surface area (Å²) in [4.78, 5) is 0. The monoisotopic (exact) mass is 205 g/mol. The highest BCUT2D eigenvalue weighted by atomic mass is 35.5. The summed E-state index contributed by atoms with van der Waals surface area (Å²) in [6.07, 6.45) is 0. The second-order valence-electron chi connectivity index (χ2n) is 2.95. The summed E-state index contributed by atoms with van der Waals surface area (Å²) < 4.78 is 0. The Morgan fingerprint density at radius 2 is 1.57 bits per heavy atom. The Hall–Kier alpha value is -1.71.